The van der Waals surface area contributed by atoms with Gasteiger partial charge in [0.1, 0.15) is 22.7 Å². The molecule has 7 heteroatoms. The van der Waals surface area contributed by atoms with Gasteiger partial charge in [-0.25, -0.2) is 0 Å². The van der Waals surface area contributed by atoms with E-state index in [-0.39, 0.29) is 6.10 Å². The number of aliphatic hydroxyl groups is 2. The van der Waals surface area contributed by atoms with Gasteiger partial charge in [0.05, 0.1) is 12.6 Å². The number of aliphatic imine (C=N–C) groups is 1. The highest BCUT2D eigenvalue weighted by atomic mass is 32.2. The Hall–Kier alpha value is -0.0500. The normalized spacial score (nSPS) is 29.9. The van der Waals surface area contributed by atoms with E-state index in [1.807, 2.05) is 25.3 Å². The van der Waals surface area contributed by atoms with E-state index in [2.05, 4.69) is 11.9 Å². The first-order valence-corrected chi connectivity index (χ1v) is 10.0. The topological polar surface area (TPSA) is 71.3 Å². The van der Waals surface area contributed by atoms with Crippen LogP contribution in [0.25, 0.3) is 0 Å². The lowest BCUT2D eigenvalue weighted by atomic mass is 9.99. The molecule has 132 valence electrons. The molecule has 2 heterocycles. The first-order chi connectivity index (χ1) is 10.9. The van der Waals surface area contributed by atoms with E-state index in [9.17, 15) is 10.2 Å². The minimum absolute atomic E-state index is 0.379. The summed E-state index contributed by atoms with van der Waals surface area (Å²) in [5.74, 6) is 0.270. The van der Waals surface area contributed by atoms with E-state index < -0.39 is 24.1 Å². The first-order valence-electron chi connectivity index (χ1n) is 8.15. The van der Waals surface area contributed by atoms with Gasteiger partial charge in [-0.3, -0.25) is 4.99 Å². The Bertz CT molecular complexity index is 442. The zero-order chi connectivity index (χ0) is 16.9. The van der Waals surface area contributed by atoms with E-state index in [1.54, 1.807) is 23.5 Å². The molecular formula is C16H27NO4S2. The molecule has 1 fully saturated rings. The van der Waals surface area contributed by atoms with Gasteiger partial charge < -0.3 is 19.7 Å². The molecule has 1 saturated heterocycles. The molecule has 0 unspecified atom stereocenters. The predicted octanol–water partition coefficient (Wildman–Crippen LogP) is 2.77. The third-order valence-electron chi connectivity index (χ3n) is 3.74. The highest BCUT2D eigenvalue weighted by molar-refractivity contribution is 8.40. The summed E-state index contributed by atoms with van der Waals surface area (Å²) < 4.78 is 12.7. The van der Waals surface area contributed by atoms with Crippen LogP contribution in [0.15, 0.2) is 16.5 Å². The van der Waals surface area contributed by atoms with Crippen molar-refractivity contribution in [1.29, 1.82) is 0 Å². The number of unbranched alkanes of at least 4 members (excludes halogenated alkanes) is 1. The molecule has 0 aromatic carbocycles. The summed E-state index contributed by atoms with van der Waals surface area (Å²) in [6.45, 7) is 6.58. The zero-order valence-corrected chi connectivity index (χ0v) is 15.6. The maximum absolute atomic E-state index is 10.4. The van der Waals surface area contributed by atoms with Gasteiger partial charge >= 0.3 is 0 Å². The second kappa shape index (κ2) is 8.87. The summed E-state index contributed by atoms with van der Waals surface area (Å²) in [7, 11) is 0. The second-order valence-corrected chi connectivity index (χ2v) is 8.44. The van der Waals surface area contributed by atoms with Gasteiger partial charge in [-0.2, -0.15) is 0 Å². The van der Waals surface area contributed by atoms with Gasteiger partial charge in [0.2, 0.25) is 0 Å². The van der Waals surface area contributed by atoms with Crippen LogP contribution in [0.2, 0.25) is 0 Å². The van der Waals surface area contributed by atoms with Gasteiger partial charge in [-0.15, -0.1) is 0 Å². The van der Waals surface area contributed by atoms with E-state index >= 15 is 0 Å². The average molecular weight is 362 g/mol. The largest absolute Gasteiger partial charge is 0.390 e. The quantitative estimate of drug-likeness (QED) is 0.726. The van der Waals surface area contributed by atoms with Crippen LogP contribution in [0, 0.1) is 0 Å². The molecule has 5 nitrogen and oxygen atoms in total. The number of nitrogens with zero attached hydrogens (tertiary/aromatic N) is 1. The van der Waals surface area contributed by atoms with E-state index in [0.29, 0.717) is 6.42 Å². The summed E-state index contributed by atoms with van der Waals surface area (Å²) in [5, 5.41) is 22.5. The lowest BCUT2D eigenvalue weighted by Gasteiger charge is -2.25. The highest BCUT2D eigenvalue weighted by Gasteiger charge is 2.45. The van der Waals surface area contributed by atoms with Gasteiger partial charge in [-0.1, -0.05) is 43.3 Å². The number of rotatable bonds is 7. The molecule has 2 aliphatic heterocycles. The summed E-state index contributed by atoms with van der Waals surface area (Å²) in [6.07, 6.45) is 1.62. The zero-order valence-electron chi connectivity index (χ0n) is 14.0. The van der Waals surface area contributed by atoms with Crippen molar-refractivity contribution >= 4 is 27.9 Å². The first kappa shape index (κ1) is 19.3. The lowest BCUT2D eigenvalue weighted by Crippen LogP contribution is -2.42. The molecule has 2 rings (SSSR count). The number of hydrogen-bond acceptors (Lipinski definition) is 7. The Labute approximate surface area is 146 Å². The fraction of sp³-hybridized carbons (Fsp3) is 0.812. The molecule has 23 heavy (non-hydrogen) atoms. The summed E-state index contributed by atoms with van der Waals surface area (Å²) in [4.78, 5) is 4.37. The molecule has 0 saturated carbocycles. The average Bonchev–Trinajstić information content (AvgIpc) is 3.11. The van der Waals surface area contributed by atoms with Crippen LogP contribution in [0.1, 0.15) is 40.0 Å². The second-order valence-electron chi connectivity index (χ2n) is 6.21. The lowest BCUT2D eigenvalue weighted by molar-refractivity contribution is -0.161. The number of aliphatic hydroxyl groups excluding tert-OH is 2. The van der Waals surface area contributed by atoms with E-state index in [0.717, 1.165) is 29.5 Å². The summed E-state index contributed by atoms with van der Waals surface area (Å²) in [6, 6.07) is 0. The maximum atomic E-state index is 10.4. The third-order valence-corrected chi connectivity index (χ3v) is 5.77. The van der Waals surface area contributed by atoms with Crippen LogP contribution in [-0.2, 0) is 9.47 Å². The molecule has 0 aromatic heterocycles. The van der Waals surface area contributed by atoms with Gasteiger partial charge in [0.15, 0.2) is 5.79 Å². The third kappa shape index (κ3) is 5.76. The highest BCUT2D eigenvalue weighted by Crippen LogP contribution is 2.33. The van der Waals surface area contributed by atoms with E-state index in [1.165, 1.54) is 0 Å². The van der Waals surface area contributed by atoms with Crippen LogP contribution < -0.4 is 0 Å². The van der Waals surface area contributed by atoms with Crippen molar-refractivity contribution in [2.75, 3.05) is 12.3 Å². The molecule has 2 aliphatic rings. The van der Waals surface area contributed by atoms with Crippen LogP contribution in [0.5, 0.6) is 0 Å². The maximum Gasteiger partial charge on any atom is 0.164 e. The fourth-order valence-corrected chi connectivity index (χ4v) is 4.34. The molecule has 0 aromatic rings. The van der Waals surface area contributed by atoms with Crippen molar-refractivity contribution in [1.82, 2.24) is 0 Å². The Kier molecular flexibility index (Phi) is 7.44. The molecule has 0 bridgehead atoms. The number of thioether (sulfide) groups is 2. The summed E-state index contributed by atoms with van der Waals surface area (Å²) in [5.41, 5.74) is 0. The number of ether oxygens (including phenoxy) is 2. The van der Waals surface area contributed by atoms with Crippen molar-refractivity contribution in [3.05, 3.63) is 11.5 Å². The smallest absolute Gasteiger partial charge is 0.164 e. The van der Waals surface area contributed by atoms with Crippen LogP contribution in [0.4, 0.5) is 0 Å². The van der Waals surface area contributed by atoms with Crippen molar-refractivity contribution in [3.8, 4) is 0 Å². The molecule has 0 amide bonds. The van der Waals surface area contributed by atoms with Gasteiger partial charge in [-0.05, 0) is 31.8 Å². The fourth-order valence-electron chi connectivity index (χ4n) is 2.59. The Morgan fingerprint density at radius 2 is 2.22 bits per heavy atom. The molecule has 2 N–H and O–H groups in total. The van der Waals surface area contributed by atoms with Crippen LogP contribution >= 0.6 is 23.5 Å². The standard InChI is InChI=1S/C16H27NO4S2/c1-4-5-6-11(18)13(19)14-12(20-16(2,3)21-14)7-9-22-15-17-8-10-23-15/h7,9,11-14,18-19H,4-6,8,10H2,1-3H3/b9-7+/t11-,12+,13+,14+/m1/s1. The minimum Gasteiger partial charge on any atom is -0.390 e. The molecule has 0 radical (unpaired) electrons. The van der Waals surface area contributed by atoms with Crippen LogP contribution in [-0.4, -0.2) is 57.1 Å². The predicted molar refractivity (Wildman–Crippen MR) is 96.9 cm³/mol. The Morgan fingerprint density at radius 1 is 1.43 bits per heavy atom. The van der Waals surface area contributed by atoms with Crippen molar-refractivity contribution < 1.29 is 19.7 Å². The molecule has 0 spiro atoms. The van der Waals surface area contributed by atoms with Gasteiger partial charge in [0, 0.05) is 5.75 Å². The monoisotopic (exact) mass is 361 g/mol. The van der Waals surface area contributed by atoms with Crippen molar-refractivity contribution in [2.24, 2.45) is 4.99 Å². The van der Waals surface area contributed by atoms with Crippen molar-refractivity contribution in [3.63, 3.8) is 0 Å². The molecule has 4 atom stereocenters. The Balaban J connectivity index is 1.95. The van der Waals surface area contributed by atoms with E-state index in [4.69, 9.17) is 9.47 Å². The number of hydrogen-bond donors (Lipinski definition) is 2. The van der Waals surface area contributed by atoms with Crippen molar-refractivity contribution in [2.45, 2.75) is 70.2 Å². The van der Waals surface area contributed by atoms with Gasteiger partial charge in [0.25, 0.3) is 0 Å². The SMILES string of the molecule is CCCC[C@@H](O)[C@H](O)[C@H]1OC(C)(C)O[C@H]1/C=C/SC1=NCCS1. The molecular weight excluding hydrogens is 334 g/mol. The van der Waals surface area contributed by atoms with Crippen LogP contribution in [0.3, 0.4) is 0 Å². The minimum atomic E-state index is -0.957. The molecule has 0 aliphatic carbocycles. The Morgan fingerprint density at radius 3 is 2.87 bits per heavy atom. The summed E-state index contributed by atoms with van der Waals surface area (Å²) >= 11 is 3.31.